The lowest BCUT2D eigenvalue weighted by molar-refractivity contribution is 0.0672. The molecule has 0 atom stereocenters. The molecule has 0 saturated carbocycles. The summed E-state index contributed by atoms with van der Waals surface area (Å²) in [5.41, 5.74) is -15.9. The Kier molecular flexibility index (Phi) is 7.51. The van der Waals surface area contributed by atoms with Crippen LogP contribution in [-0.4, -0.2) is 33.2 Å². The summed E-state index contributed by atoms with van der Waals surface area (Å²) in [6.07, 6.45) is 0. The minimum Gasteiger partial charge on any atom is -0.477 e. The highest BCUT2D eigenvalue weighted by Crippen LogP contribution is 2.44. The van der Waals surface area contributed by atoms with Gasteiger partial charge in [-0.25, -0.2) is 67.1 Å². The zero-order valence-corrected chi connectivity index (χ0v) is 18.1. The van der Waals surface area contributed by atoms with Gasteiger partial charge in [0.2, 0.25) is 0 Å². The molecule has 0 aliphatic heterocycles. The van der Waals surface area contributed by atoms with E-state index in [0.29, 0.717) is 0 Å². The van der Waals surface area contributed by atoms with Gasteiger partial charge in [0.25, 0.3) is 0 Å². The summed E-state index contributed by atoms with van der Waals surface area (Å²) in [5, 5.41) is 26.3. The predicted octanol–water partition coefficient (Wildman–Crippen LogP) is 5.47. The summed E-state index contributed by atoms with van der Waals surface area (Å²) in [6, 6.07) is 0. The second-order valence-corrected chi connectivity index (χ2v) is 7.31. The fourth-order valence-corrected chi connectivity index (χ4v) is 3.49. The van der Waals surface area contributed by atoms with Crippen LogP contribution in [0.5, 0.6) is 0 Å². The number of halogens is 12. The quantitative estimate of drug-likeness (QED) is 0.199. The van der Waals surface area contributed by atoms with E-state index < -0.39 is 127 Å². The van der Waals surface area contributed by atoms with Crippen LogP contribution in [0.4, 0.5) is 52.7 Å². The molecule has 1 radical (unpaired) electrons. The molecule has 3 aromatic carbocycles. The Hall–Kier alpha value is -4.77. The molecular formula is C22H3F12O6. The summed E-state index contributed by atoms with van der Waals surface area (Å²) in [6.45, 7) is 0. The maximum absolute atomic E-state index is 14.9. The molecule has 0 fully saturated rings. The van der Waals surface area contributed by atoms with E-state index >= 15 is 0 Å². The van der Waals surface area contributed by atoms with Crippen molar-refractivity contribution in [3.05, 3.63) is 109 Å². The molecule has 0 bridgehead atoms. The largest absolute Gasteiger partial charge is 0.477 e. The van der Waals surface area contributed by atoms with Crippen molar-refractivity contribution in [2.45, 2.75) is 0 Å². The Balaban J connectivity index is 2.73. The lowest BCUT2D eigenvalue weighted by Gasteiger charge is -2.24. The molecule has 40 heavy (non-hydrogen) atoms. The molecule has 0 aliphatic rings. The van der Waals surface area contributed by atoms with Crippen molar-refractivity contribution in [1.82, 2.24) is 0 Å². The van der Waals surface area contributed by atoms with Crippen molar-refractivity contribution < 1.29 is 82.4 Å². The van der Waals surface area contributed by atoms with Crippen LogP contribution in [0.1, 0.15) is 47.8 Å². The first-order chi connectivity index (χ1) is 18.4. The minimum absolute atomic E-state index is 2.47. The molecular weight excluding hydrogens is 588 g/mol. The summed E-state index contributed by atoms with van der Waals surface area (Å²) in [4.78, 5) is 33.0. The molecule has 3 rings (SSSR count). The van der Waals surface area contributed by atoms with Gasteiger partial charge in [-0.1, -0.05) is 0 Å². The topological polar surface area (TPSA) is 112 Å². The summed E-state index contributed by atoms with van der Waals surface area (Å²) < 4.78 is 176. The smallest absolute Gasteiger partial charge is 0.341 e. The van der Waals surface area contributed by atoms with Crippen LogP contribution in [0.15, 0.2) is 0 Å². The highest BCUT2D eigenvalue weighted by molar-refractivity contribution is 5.90. The third kappa shape index (κ3) is 4.15. The first-order valence-electron chi connectivity index (χ1n) is 9.55. The van der Waals surface area contributed by atoms with Crippen LogP contribution in [-0.2, 0) is 0 Å². The van der Waals surface area contributed by atoms with E-state index in [1.54, 1.807) is 0 Å². The van der Waals surface area contributed by atoms with Gasteiger partial charge in [0.1, 0.15) is 16.7 Å². The maximum atomic E-state index is 14.9. The molecule has 0 aromatic heterocycles. The molecule has 0 heterocycles. The van der Waals surface area contributed by atoms with E-state index in [-0.39, 0.29) is 0 Å². The average Bonchev–Trinajstić information content (AvgIpc) is 2.85. The van der Waals surface area contributed by atoms with Crippen LogP contribution < -0.4 is 0 Å². The van der Waals surface area contributed by atoms with Crippen molar-refractivity contribution in [3.8, 4) is 0 Å². The number of carbonyl (C=O) groups is 3. The number of carboxylic acid groups (broad SMARTS) is 3. The van der Waals surface area contributed by atoms with Crippen molar-refractivity contribution >= 4 is 17.9 Å². The molecule has 18 heteroatoms. The molecule has 0 aliphatic carbocycles. The van der Waals surface area contributed by atoms with Gasteiger partial charge in [0, 0.05) is 16.7 Å². The zero-order valence-electron chi connectivity index (χ0n) is 18.1. The lowest BCUT2D eigenvalue weighted by Crippen LogP contribution is -2.24. The van der Waals surface area contributed by atoms with Crippen LogP contribution >= 0.6 is 0 Å². The van der Waals surface area contributed by atoms with Crippen molar-refractivity contribution in [1.29, 1.82) is 0 Å². The molecule has 3 aromatic rings. The standard InChI is InChI=1S/C22H3F12O6/c23-8-2(9(24)15(30)5(14(8)29)20(35)36)1(3-10(25)16(31)6(21(37)38)17(32)11(3)26)4-12(27)18(33)7(22(39)40)19(34)13(4)28/h(H,35,36)(H,37,38)(H,39,40). The van der Waals surface area contributed by atoms with Gasteiger partial charge in [-0.3, -0.25) is 0 Å². The van der Waals surface area contributed by atoms with Crippen molar-refractivity contribution in [2.75, 3.05) is 0 Å². The van der Waals surface area contributed by atoms with Gasteiger partial charge in [-0.2, -0.15) is 0 Å². The Labute approximate surface area is 210 Å². The monoisotopic (exact) mass is 591 g/mol. The van der Waals surface area contributed by atoms with E-state index in [4.69, 9.17) is 15.3 Å². The van der Waals surface area contributed by atoms with Crippen LogP contribution in [0.25, 0.3) is 0 Å². The predicted molar refractivity (Wildman–Crippen MR) is 100 cm³/mol. The third-order valence-electron chi connectivity index (χ3n) is 5.18. The third-order valence-corrected chi connectivity index (χ3v) is 5.18. The number of aromatic carboxylic acids is 3. The normalized spacial score (nSPS) is 11.3. The van der Waals surface area contributed by atoms with Crippen LogP contribution in [0, 0.1) is 75.7 Å². The molecule has 6 nitrogen and oxygen atoms in total. The Morgan fingerprint density at radius 1 is 0.300 bits per heavy atom. The van der Waals surface area contributed by atoms with E-state index in [0.717, 1.165) is 0 Å². The van der Waals surface area contributed by atoms with E-state index in [1.165, 1.54) is 0 Å². The van der Waals surface area contributed by atoms with Crippen molar-refractivity contribution in [2.24, 2.45) is 0 Å². The van der Waals surface area contributed by atoms with Crippen LogP contribution in [0.2, 0.25) is 0 Å². The Bertz CT molecular complexity index is 1390. The van der Waals surface area contributed by atoms with Crippen LogP contribution in [0.3, 0.4) is 0 Å². The molecule has 0 unspecified atom stereocenters. The number of rotatable bonds is 6. The second kappa shape index (κ2) is 10.1. The average molecular weight is 591 g/mol. The molecule has 3 N–H and O–H groups in total. The fraction of sp³-hybridized carbons (Fsp3) is 0. The maximum Gasteiger partial charge on any atom is 0.341 e. The summed E-state index contributed by atoms with van der Waals surface area (Å²) in [7, 11) is 0. The van der Waals surface area contributed by atoms with Gasteiger partial charge in [0.05, 0.1) is 5.92 Å². The Morgan fingerprint density at radius 3 is 0.550 bits per heavy atom. The molecule has 0 amide bonds. The number of benzene rings is 3. The first-order valence-corrected chi connectivity index (χ1v) is 9.55. The highest BCUT2D eigenvalue weighted by Gasteiger charge is 2.44. The first kappa shape index (κ1) is 29.8. The van der Waals surface area contributed by atoms with Gasteiger partial charge < -0.3 is 15.3 Å². The molecule has 0 spiro atoms. The Morgan fingerprint density at radius 2 is 0.425 bits per heavy atom. The highest BCUT2D eigenvalue weighted by atomic mass is 19.2. The lowest BCUT2D eigenvalue weighted by atomic mass is 9.81. The number of hydrogen-bond donors (Lipinski definition) is 3. The van der Waals surface area contributed by atoms with E-state index in [2.05, 4.69) is 0 Å². The van der Waals surface area contributed by atoms with E-state index in [9.17, 15) is 67.1 Å². The van der Waals surface area contributed by atoms with Gasteiger partial charge >= 0.3 is 17.9 Å². The minimum atomic E-state index is -3.12. The summed E-state index contributed by atoms with van der Waals surface area (Å²) >= 11 is 0. The molecule has 0 saturated heterocycles. The zero-order chi connectivity index (χ0) is 30.7. The van der Waals surface area contributed by atoms with Gasteiger partial charge in [0.15, 0.2) is 69.8 Å². The number of carboxylic acids is 3. The fourth-order valence-electron chi connectivity index (χ4n) is 3.49. The van der Waals surface area contributed by atoms with Crippen molar-refractivity contribution in [3.63, 3.8) is 0 Å². The SMILES string of the molecule is O=C(O)c1c(F)c(F)c([C](c2c(F)c(F)c(C(=O)O)c(F)c2F)c2c(F)c(F)c(C(=O)O)c(F)c2F)c(F)c1F. The van der Waals surface area contributed by atoms with Gasteiger partial charge in [-0.05, 0) is 0 Å². The summed E-state index contributed by atoms with van der Waals surface area (Å²) in [5.74, 6) is -47.6. The van der Waals surface area contributed by atoms with E-state index in [1.807, 2.05) is 0 Å². The van der Waals surface area contributed by atoms with Gasteiger partial charge in [-0.15, -0.1) is 0 Å². The molecule has 211 valence electrons. The number of hydrogen-bond acceptors (Lipinski definition) is 3. The second-order valence-electron chi connectivity index (χ2n) is 7.31.